The molecule has 0 amide bonds. The molecule has 0 atom stereocenters. The van der Waals surface area contributed by atoms with Gasteiger partial charge in [0.2, 0.25) is 10.0 Å². The van der Waals surface area contributed by atoms with Crippen molar-refractivity contribution >= 4 is 37.6 Å². The first kappa shape index (κ1) is 14.0. The Morgan fingerprint density at radius 3 is 2.56 bits per heavy atom. The molecule has 0 spiro atoms. The van der Waals surface area contributed by atoms with Gasteiger partial charge in [-0.2, -0.15) is 0 Å². The minimum absolute atomic E-state index is 0.0823. The highest BCUT2D eigenvalue weighted by Crippen LogP contribution is 2.22. The first-order valence-corrected chi connectivity index (χ1v) is 7.45. The van der Waals surface area contributed by atoms with E-state index in [0.717, 1.165) is 10.0 Å². The van der Waals surface area contributed by atoms with E-state index in [-0.39, 0.29) is 5.75 Å². The molecule has 0 unspecified atom stereocenters. The molecule has 0 aliphatic heterocycles. The van der Waals surface area contributed by atoms with Gasteiger partial charge in [-0.3, -0.25) is 0 Å². The summed E-state index contributed by atoms with van der Waals surface area (Å²) in [7, 11) is -0.0964. The standard InChI is InChI=1S/C10H13BrClNO2S/c1-13(2)16(14,15)6-5-8-7-9(12)3-4-10(8)11/h3-4,7H,5-6H2,1-2H3. The van der Waals surface area contributed by atoms with Gasteiger partial charge in [0.05, 0.1) is 5.75 Å². The van der Waals surface area contributed by atoms with Crippen LogP contribution in [-0.2, 0) is 16.4 Å². The number of aryl methyl sites for hydroxylation is 1. The van der Waals surface area contributed by atoms with Gasteiger partial charge < -0.3 is 0 Å². The van der Waals surface area contributed by atoms with E-state index < -0.39 is 10.0 Å². The van der Waals surface area contributed by atoms with Crippen LogP contribution in [0, 0.1) is 0 Å². The zero-order valence-corrected chi connectivity index (χ0v) is 12.2. The fourth-order valence-corrected chi connectivity index (χ4v) is 2.64. The Balaban J connectivity index is 2.79. The first-order valence-electron chi connectivity index (χ1n) is 4.67. The predicted octanol–water partition coefficient (Wildman–Crippen LogP) is 2.54. The van der Waals surface area contributed by atoms with Crippen LogP contribution in [0.1, 0.15) is 5.56 Å². The van der Waals surface area contributed by atoms with E-state index in [1.807, 2.05) is 6.07 Å². The third kappa shape index (κ3) is 3.73. The second kappa shape index (κ2) is 5.49. The summed E-state index contributed by atoms with van der Waals surface area (Å²) in [5.41, 5.74) is 0.901. The Morgan fingerprint density at radius 1 is 1.38 bits per heavy atom. The zero-order chi connectivity index (χ0) is 12.3. The second-order valence-electron chi connectivity index (χ2n) is 3.58. The number of sulfonamides is 1. The molecule has 1 aromatic rings. The fraction of sp³-hybridized carbons (Fsp3) is 0.400. The molecule has 6 heteroatoms. The first-order chi connectivity index (χ1) is 7.33. The molecule has 3 nitrogen and oxygen atoms in total. The molecule has 0 fully saturated rings. The van der Waals surface area contributed by atoms with Crippen LogP contribution in [0.3, 0.4) is 0 Å². The topological polar surface area (TPSA) is 37.4 Å². The van der Waals surface area contributed by atoms with Crippen molar-refractivity contribution < 1.29 is 8.42 Å². The summed E-state index contributed by atoms with van der Waals surface area (Å²) < 4.78 is 25.3. The quantitative estimate of drug-likeness (QED) is 0.852. The number of hydrogen-bond donors (Lipinski definition) is 0. The molecular formula is C10H13BrClNO2S. The summed E-state index contributed by atoms with van der Waals surface area (Å²) in [5.74, 6) is 0.0823. The molecule has 1 aromatic carbocycles. The largest absolute Gasteiger partial charge is 0.213 e. The fourth-order valence-electron chi connectivity index (χ4n) is 1.16. The van der Waals surface area contributed by atoms with Crippen molar-refractivity contribution in [2.75, 3.05) is 19.8 Å². The molecule has 0 aliphatic rings. The molecule has 0 radical (unpaired) electrons. The van der Waals surface area contributed by atoms with E-state index >= 15 is 0 Å². The van der Waals surface area contributed by atoms with E-state index in [0.29, 0.717) is 11.4 Å². The Hall–Kier alpha value is -0.100. The predicted molar refractivity (Wildman–Crippen MR) is 70.3 cm³/mol. The maximum Gasteiger partial charge on any atom is 0.213 e. The molecule has 16 heavy (non-hydrogen) atoms. The molecule has 1 rings (SSSR count). The number of hydrogen-bond acceptors (Lipinski definition) is 2. The van der Waals surface area contributed by atoms with Crippen LogP contribution < -0.4 is 0 Å². The Labute approximate surface area is 110 Å². The molecule has 0 aliphatic carbocycles. The third-order valence-corrected chi connectivity index (χ3v) is 5.03. The molecule has 90 valence electrons. The van der Waals surface area contributed by atoms with Crippen LogP contribution >= 0.6 is 27.5 Å². The summed E-state index contributed by atoms with van der Waals surface area (Å²) in [6.45, 7) is 0. The minimum Gasteiger partial charge on any atom is -0.212 e. The van der Waals surface area contributed by atoms with Crippen molar-refractivity contribution in [3.8, 4) is 0 Å². The molecule has 0 bridgehead atoms. The minimum atomic E-state index is -3.16. The van der Waals surface area contributed by atoms with E-state index in [1.165, 1.54) is 18.4 Å². The monoisotopic (exact) mass is 325 g/mol. The summed E-state index contributed by atoms with van der Waals surface area (Å²) in [4.78, 5) is 0. The lowest BCUT2D eigenvalue weighted by Gasteiger charge is -2.11. The Morgan fingerprint density at radius 2 is 2.00 bits per heavy atom. The van der Waals surface area contributed by atoms with Crippen molar-refractivity contribution in [2.24, 2.45) is 0 Å². The van der Waals surface area contributed by atoms with Crippen molar-refractivity contribution in [3.63, 3.8) is 0 Å². The van der Waals surface area contributed by atoms with E-state index in [1.54, 1.807) is 12.1 Å². The number of benzene rings is 1. The summed E-state index contributed by atoms with van der Waals surface area (Å²) in [5, 5.41) is 0.612. The van der Waals surface area contributed by atoms with Crippen LogP contribution in [0.2, 0.25) is 5.02 Å². The molecular weight excluding hydrogens is 314 g/mol. The van der Waals surface area contributed by atoms with Gasteiger partial charge >= 0.3 is 0 Å². The Kier molecular flexibility index (Phi) is 4.79. The maximum absolute atomic E-state index is 11.6. The van der Waals surface area contributed by atoms with E-state index in [9.17, 15) is 8.42 Å². The van der Waals surface area contributed by atoms with Crippen molar-refractivity contribution in [1.29, 1.82) is 0 Å². The highest BCUT2D eigenvalue weighted by molar-refractivity contribution is 9.10. The average Bonchev–Trinajstić information content (AvgIpc) is 2.19. The number of rotatable bonds is 4. The molecule has 0 saturated carbocycles. The van der Waals surface area contributed by atoms with Gasteiger partial charge in [-0.1, -0.05) is 27.5 Å². The summed E-state index contributed by atoms with van der Waals surface area (Å²) >= 11 is 9.22. The van der Waals surface area contributed by atoms with Crippen molar-refractivity contribution in [2.45, 2.75) is 6.42 Å². The lowest BCUT2D eigenvalue weighted by Crippen LogP contribution is -2.26. The van der Waals surface area contributed by atoms with Crippen LogP contribution in [0.5, 0.6) is 0 Å². The van der Waals surface area contributed by atoms with Crippen LogP contribution in [0.25, 0.3) is 0 Å². The molecule has 0 aromatic heterocycles. The van der Waals surface area contributed by atoms with Crippen molar-refractivity contribution in [1.82, 2.24) is 4.31 Å². The maximum atomic E-state index is 11.6. The average molecular weight is 327 g/mol. The Bertz CT molecular complexity index is 474. The SMILES string of the molecule is CN(C)S(=O)(=O)CCc1cc(Cl)ccc1Br. The summed E-state index contributed by atoms with van der Waals surface area (Å²) in [6, 6.07) is 5.35. The molecule has 0 N–H and O–H groups in total. The van der Waals surface area contributed by atoms with Crippen LogP contribution in [0.15, 0.2) is 22.7 Å². The van der Waals surface area contributed by atoms with Crippen molar-refractivity contribution in [3.05, 3.63) is 33.3 Å². The van der Waals surface area contributed by atoms with Gasteiger partial charge in [0.1, 0.15) is 0 Å². The van der Waals surface area contributed by atoms with E-state index in [2.05, 4.69) is 15.9 Å². The lowest BCUT2D eigenvalue weighted by atomic mass is 10.2. The van der Waals surface area contributed by atoms with Gasteiger partial charge in [-0.15, -0.1) is 0 Å². The number of nitrogens with zero attached hydrogens (tertiary/aromatic N) is 1. The van der Waals surface area contributed by atoms with Gasteiger partial charge in [0, 0.05) is 23.6 Å². The highest BCUT2D eigenvalue weighted by atomic mass is 79.9. The highest BCUT2D eigenvalue weighted by Gasteiger charge is 2.14. The smallest absolute Gasteiger partial charge is 0.212 e. The lowest BCUT2D eigenvalue weighted by molar-refractivity contribution is 0.520. The van der Waals surface area contributed by atoms with Crippen LogP contribution in [-0.4, -0.2) is 32.6 Å². The van der Waals surface area contributed by atoms with E-state index in [4.69, 9.17) is 11.6 Å². The van der Waals surface area contributed by atoms with Gasteiger partial charge in [0.25, 0.3) is 0 Å². The summed E-state index contributed by atoms with van der Waals surface area (Å²) in [6.07, 6.45) is 0.446. The van der Waals surface area contributed by atoms with Gasteiger partial charge in [-0.25, -0.2) is 12.7 Å². The normalized spacial score (nSPS) is 12.1. The molecule has 0 saturated heterocycles. The number of halogens is 2. The van der Waals surface area contributed by atoms with Gasteiger partial charge in [0.15, 0.2) is 0 Å². The third-order valence-electron chi connectivity index (χ3n) is 2.19. The second-order valence-corrected chi connectivity index (χ2v) is 7.18. The molecule has 0 heterocycles. The van der Waals surface area contributed by atoms with Gasteiger partial charge in [-0.05, 0) is 30.2 Å². The zero-order valence-electron chi connectivity index (χ0n) is 9.07. The van der Waals surface area contributed by atoms with Crippen LogP contribution in [0.4, 0.5) is 0 Å².